The lowest BCUT2D eigenvalue weighted by Crippen LogP contribution is -2.50. The maximum Gasteiger partial charge on any atom is 0.286 e. The van der Waals surface area contributed by atoms with Crippen molar-refractivity contribution in [1.82, 2.24) is 20.2 Å². The van der Waals surface area contributed by atoms with Crippen LogP contribution in [0.1, 0.15) is 34.3 Å². The number of carbonyl (C=O) groups is 1. The van der Waals surface area contributed by atoms with E-state index in [0.29, 0.717) is 5.69 Å². The van der Waals surface area contributed by atoms with Crippen LogP contribution in [-0.2, 0) is 6.42 Å². The van der Waals surface area contributed by atoms with Gasteiger partial charge >= 0.3 is 0 Å². The van der Waals surface area contributed by atoms with Crippen LogP contribution in [0.15, 0.2) is 36.4 Å². The zero-order valence-electron chi connectivity index (χ0n) is 11.7. The van der Waals surface area contributed by atoms with E-state index in [9.17, 15) is 4.79 Å². The Bertz CT molecular complexity index is 620. The summed E-state index contributed by atoms with van der Waals surface area (Å²) in [5.74, 6) is -0.0402. The van der Waals surface area contributed by atoms with Gasteiger partial charge in [-0.2, -0.15) is 5.10 Å². The van der Waals surface area contributed by atoms with Crippen molar-refractivity contribution < 1.29 is 4.79 Å². The molecule has 1 unspecified atom stereocenters. The molecule has 1 aliphatic rings. The lowest BCUT2D eigenvalue weighted by molar-refractivity contribution is 0.0522. The molecule has 1 amide bonds. The van der Waals surface area contributed by atoms with Crippen molar-refractivity contribution in [1.29, 1.82) is 0 Å². The number of rotatable bonds is 3. The first-order chi connectivity index (χ1) is 9.65. The molecule has 104 valence electrons. The fraction of sp³-hybridized carbons (Fsp3) is 0.333. The average molecular weight is 270 g/mol. The van der Waals surface area contributed by atoms with Crippen LogP contribution >= 0.6 is 0 Å². The van der Waals surface area contributed by atoms with Crippen LogP contribution in [-0.4, -0.2) is 27.7 Å². The van der Waals surface area contributed by atoms with E-state index in [4.69, 9.17) is 0 Å². The molecule has 5 heteroatoms. The highest BCUT2D eigenvalue weighted by molar-refractivity contribution is 5.92. The molecule has 1 N–H and O–H groups in total. The van der Waals surface area contributed by atoms with Crippen molar-refractivity contribution in [3.05, 3.63) is 53.3 Å². The third kappa shape index (κ3) is 2.32. The molecule has 1 aliphatic heterocycles. The topological polar surface area (TPSA) is 50.2 Å². The minimum absolute atomic E-state index is 0.0154. The minimum atomic E-state index is -0.0402. The summed E-state index contributed by atoms with van der Waals surface area (Å²) in [6, 6.07) is 12.2. The van der Waals surface area contributed by atoms with Crippen molar-refractivity contribution in [2.24, 2.45) is 0 Å². The molecule has 0 saturated heterocycles. The van der Waals surface area contributed by atoms with Gasteiger partial charge in [-0.1, -0.05) is 30.3 Å². The maximum atomic E-state index is 12.1. The van der Waals surface area contributed by atoms with Crippen molar-refractivity contribution in [3.63, 3.8) is 0 Å². The fourth-order valence-corrected chi connectivity index (χ4v) is 2.56. The zero-order chi connectivity index (χ0) is 14.1. The summed E-state index contributed by atoms with van der Waals surface area (Å²) in [5, 5.41) is 5.98. The van der Waals surface area contributed by atoms with Gasteiger partial charge in [0.1, 0.15) is 11.9 Å². The molecule has 2 heterocycles. The number of fused-ring (bicyclic) bond motifs is 1. The molecule has 3 rings (SSSR count). The molecule has 0 radical (unpaired) electrons. The van der Waals surface area contributed by atoms with Gasteiger partial charge in [0.2, 0.25) is 0 Å². The predicted molar refractivity (Wildman–Crippen MR) is 76.0 cm³/mol. The summed E-state index contributed by atoms with van der Waals surface area (Å²) in [6.07, 6.45) is 1.84. The third-order valence-corrected chi connectivity index (χ3v) is 3.57. The number of aromatic nitrogens is 2. The van der Waals surface area contributed by atoms with Crippen molar-refractivity contribution in [3.8, 4) is 0 Å². The molecule has 5 nitrogen and oxygen atoms in total. The molecular formula is C15H18N4O. The van der Waals surface area contributed by atoms with E-state index in [1.54, 1.807) is 16.7 Å². The number of nitrogens with one attached hydrogen (secondary N) is 1. The Kier molecular flexibility index (Phi) is 3.28. The number of hydrogen-bond donors (Lipinski definition) is 1. The molecule has 0 fully saturated rings. The summed E-state index contributed by atoms with van der Waals surface area (Å²) in [7, 11) is 1.75. The number of amides is 1. The second-order valence-electron chi connectivity index (χ2n) is 5.15. The molecular weight excluding hydrogens is 252 g/mol. The summed E-state index contributed by atoms with van der Waals surface area (Å²) in [6.45, 7) is 1.91. The van der Waals surface area contributed by atoms with Crippen LogP contribution in [0.3, 0.4) is 0 Å². The Morgan fingerprint density at radius 2 is 2.05 bits per heavy atom. The molecule has 0 saturated carbocycles. The Labute approximate surface area is 118 Å². The highest BCUT2D eigenvalue weighted by Crippen LogP contribution is 2.21. The van der Waals surface area contributed by atoms with E-state index < -0.39 is 0 Å². The highest BCUT2D eigenvalue weighted by Gasteiger charge is 2.29. The Morgan fingerprint density at radius 3 is 2.80 bits per heavy atom. The van der Waals surface area contributed by atoms with Gasteiger partial charge in [0.15, 0.2) is 0 Å². The first-order valence-electron chi connectivity index (χ1n) is 6.79. The van der Waals surface area contributed by atoms with Gasteiger partial charge in [-0.05, 0) is 31.4 Å². The Morgan fingerprint density at radius 1 is 1.30 bits per heavy atom. The molecule has 2 aromatic rings. The van der Waals surface area contributed by atoms with Gasteiger partial charge in [-0.25, -0.2) is 10.1 Å². The number of benzene rings is 1. The smallest absolute Gasteiger partial charge is 0.274 e. The minimum Gasteiger partial charge on any atom is -0.274 e. The quantitative estimate of drug-likeness (QED) is 0.927. The third-order valence-electron chi connectivity index (χ3n) is 3.57. The van der Waals surface area contributed by atoms with Crippen LogP contribution in [0.2, 0.25) is 0 Å². The largest absolute Gasteiger partial charge is 0.286 e. The van der Waals surface area contributed by atoms with Gasteiger partial charge in [-0.15, -0.1) is 0 Å². The zero-order valence-corrected chi connectivity index (χ0v) is 11.7. The Balaban J connectivity index is 1.80. The monoisotopic (exact) mass is 270 g/mol. The van der Waals surface area contributed by atoms with E-state index in [-0.39, 0.29) is 12.1 Å². The van der Waals surface area contributed by atoms with Gasteiger partial charge < -0.3 is 0 Å². The molecule has 1 aromatic carbocycles. The van der Waals surface area contributed by atoms with Crippen LogP contribution < -0.4 is 5.43 Å². The summed E-state index contributed by atoms with van der Waals surface area (Å²) in [5.41, 5.74) is 6.01. The number of hydrazine groups is 1. The van der Waals surface area contributed by atoms with E-state index in [0.717, 1.165) is 18.5 Å². The fourth-order valence-electron chi connectivity index (χ4n) is 2.56. The first-order valence-corrected chi connectivity index (χ1v) is 6.79. The van der Waals surface area contributed by atoms with Gasteiger partial charge in [0, 0.05) is 7.05 Å². The van der Waals surface area contributed by atoms with Crippen molar-refractivity contribution >= 4 is 5.91 Å². The summed E-state index contributed by atoms with van der Waals surface area (Å²) < 4.78 is 1.81. The second kappa shape index (κ2) is 5.09. The predicted octanol–water partition coefficient (Wildman–Crippen LogP) is 1.91. The standard InChI is InChI=1S/C15H18N4O/c1-11-10-13-15(20)18(2)17-14(19(13)16-11)9-8-12-6-4-3-5-7-12/h3-7,10,14,17H,8-9H2,1-2H3. The van der Waals surface area contributed by atoms with E-state index in [1.165, 1.54) is 5.56 Å². The molecule has 1 atom stereocenters. The normalized spacial score (nSPS) is 18.2. The lowest BCUT2D eigenvalue weighted by Gasteiger charge is -2.32. The highest BCUT2D eigenvalue weighted by atomic mass is 16.2. The van der Waals surface area contributed by atoms with Gasteiger partial charge in [-0.3, -0.25) is 9.80 Å². The van der Waals surface area contributed by atoms with Crippen molar-refractivity contribution in [2.75, 3.05) is 7.05 Å². The molecule has 0 bridgehead atoms. The van der Waals surface area contributed by atoms with Gasteiger partial charge in [0.05, 0.1) is 5.69 Å². The van der Waals surface area contributed by atoms with E-state index >= 15 is 0 Å². The molecule has 0 aliphatic carbocycles. The Hall–Kier alpha value is -2.14. The van der Waals surface area contributed by atoms with Crippen LogP contribution in [0.5, 0.6) is 0 Å². The van der Waals surface area contributed by atoms with Crippen LogP contribution in [0.4, 0.5) is 0 Å². The van der Waals surface area contributed by atoms with E-state index in [2.05, 4.69) is 22.7 Å². The second-order valence-corrected chi connectivity index (χ2v) is 5.15. The number of carbonyl (C=O) groups excluding carboxylic acids is 1. The summed E-state index contributed by atoms with van der Waals surface area (Å²) in [4.78, 5) is 12.1. The first kappa shape index (κ1) is 12.9. The van der Waals surface area contributed by atoms with Crippen LogP contribution in [0, 0.1) is 6.92 Å². The number of aryl methyl sites for hydroxylation is 2. The molecule has 1 aromatic heterocycles. The lowest BCUT2D eigenvalue weighted by atomic mass is 10.1. The van der Waals surface area contributed by atoms with Gasteiger partial charge in [0.25, 0.3) is 5.91 Å². The molecule has 0 spiro atoms. The number of nitrogens with zero attached hydrogens (tertiary/aromatic N) is 3. The van der Waals surface area contributed by atoms with Crippen LogP contribution in [0.25, 0.3) is 0 Å². The van der Waals surface area contributed by atoms with Crippen molar-refractivity contribution in [2.45, 2.75) is 25.9 Å². The van der Waals surface area contributed by atoms with E-state index in [1.807, 2.05) is 31.2 Å². The SMILES string of the molecule is Cc1cc2n(n1)C(CCc1ccccc1)NN(C)C2=O. The maximum absolute atomic E-state index is 12.1. The molecule has 20 heavy (non-hydrogen) atoms. The number of hydrogen-bond acceptors (Lipinski definition) is 3. The average Bonchev–Trinajstić information content (AvgIpc) is 2.85. The summed E-state index contributed by atoms with van der Waals surface area (Å²) >= 11 is 0.